The molecule has 0 fully saturated rings. The second-order valence-corrected chi connectivity index (χ2v) is 4.43. The van der Waals surface area contributed by atoms with Crippen LogP contribution in [0.3, 0.4) is 0 Å². The summed E-state index contributed by atoms with van der Waals surface area (Å²) in [7, 11) is 0. The molecule has 19 heavy (non-hydrogen) atoms. The number of nitrogens with one attached hydrogen (secondary N) is 1. The summed E-state index contributed by atoms with van der Waals surface area (Å²) in [5.41, 5.74) is 6.10. The monoisotopic (exact) mass is 284 g/mol. The number of carbonyl (C=O) groups is 2. The number of carbonyl (C=O) groups excluding carboxylic acids is 2. The van der Waals surface area contributed by atoms with Crippen molar-refractivity contribution in [3.63, 3.8) is 0 Å². The van der Waals surface area contributed by atoms with Crippen LogP contribution in [-0.2, 0) is 20.7 Å². The molecule has 0 saturated heterocycles. The molecule has 0 aliphatic rings. The maximum Gasteiger partial charge on any atom is 0.246 e. The average molecular weight is 285 g/mol. The lowest BCUT2D eigenvalue weighted by Crippen LogP contribution is -2.47. The summed E-state index contributed by atoms with van der Waals surface area (Å²) in [6.07, 6.45) is 0.299. The number of nitrogens with two attached hydrogens (primary N) is 1. The zero-order valence-corrected chi connectivity index (χ0v) is 11.4. The summed E-state index contributed by atoms with van der Waals surface area (Å²) in [6.45, 7) is 2.13. The van der Waals surface area contributed by atoms with Crippen molar-refractivity contribution >= 4 is 23.4 Å². The molecule has 0 radical (unpaired) electrons. The van der Waals surface area contributed by atoms with Crippen molar-refractivity contribution in [2.45, 2.75) is 19.4 Å². The van der Waals surface area contributed by atoms with E-state index in [0.29, 0.717) is 18.1 Å². The third kappa shape index (κ3) is 5.72. The molecule has 1 aromatic rings. The van der Waals surface area contributed by atoms with Gasteiger partial charge in [0.15, 0.2) is 0 Å². The molecule has 6 heteroatoms. The van der Waals surface area contributed by atoms with Crippen molar-refractivity contribution in [2.24, 2.45) is 5.73 Å². The van der Waals surface area contributed by atoms with Crippen LogP contribution in [0.25, 0.3) is 0 Å². The van der Waals surface area contributed by atoms with E-state index in [1.807, 2.05) is 6.07 Å². The van der Waals surface area contributed by atoms with E-state index in [0.717, 1.165) is 5.56 Å². The van der Waals surface area contributed by atoms with E-state index in [9.17, 15) is 9.59 Å². The molecule has 5 nitrogen and oxygen atoms in total. The molecular formula is C13H17ClN2O3. The van der Waals surface area contributed by atoms with Crippen molar-refractivity contribution in [1.82, 2.24) is 5.32 Å². The van der Waals surface area contributed by atoms with Gasteiger partial charge in [-0.3, -0.25) is 9.59 Å². The van der Waals surface area contributed by atoms with E-state index in [2.05, 4.69) is 5.32 Å². The summed E-state index contributed by atoms with van der Waals surface area (Å²) in [5.74, 6) is -0.961. The largest absolute Gasteiger partial charge is 0.372 e. The second kappa shape index (κ2) is 7.76. The number of hydrogen-bond donors (Lipinski definition) is 2. The van der Waals surface area contributed by atoms with Crippen molar-refractivity contribution in [3.8, 4) is 0 Å². The lowest BCUT2D eigenvalue weighted by Gasteiger charge is -2.15. The fraction of sp³-hybridized carbons (Fsp3) is 0.385. The summed E-state index contributed by atoms with van der Waals surface area (Å²) >= 11 is 5.86. The predicted molar refractivity (Wildman–Crippen MR) is 72.8 cm³/mol. The Morgan fingerprint density at radius 1 is 1.47 bits per heavy atom. The molecule has 0 aromatic heterocycles. The van der Waals surface area contributed by atoms with Gasteiger partial charge in [-0.25, -0.2) is 0 Å². The zero-order valence-electron chi connectivity index (χ0n) is 10.7. The van der Waals surface area contributed by atoms with E-state index < -0.39 is 11.9 Å². The summed E-state index contributed by atoms with van der Waals surface area (Å²) in [5, 5.41) is 3.11. The third-order valence-corrected chi connectivity index (χ3v) is 2.68. The van der Waals surface area contributed by atoms with E-state index in [-0.39, 0.29) is 12.5 Å². The molecule has 104 valence electrons. The van der Waals surface area contributed by atoms with Crippen LogP contribution in [0, 0.1) is 0 Å². The summed E-state index contributed by atoms with van der Waals surface area (Å²) < 4.78 is 4.96. The number of amides is 2. The minimum atomic E-state index is -0.772. The van der Waals surface area contributed by atoms with E-state index in [1.54, 1.807) is 25.1 Å². The Bertz CT molecular complexity index is 451. The minimum Gasteiger partial charge on any atom is -0.372 e. The lowest BCUT2D eigenvalue weighted by atomic mass is 10.1. The second-order valence-electron chi connectivity index (χ2n) is 3.99. The normalized spacial score (nSPS) is 11.9. The van der Waals surface area contributed by atoms with Crippen molar-refractivity contribution in [1.29, 1.82) is 0 Å². The Kier molecular flexibility index (Phi) is 6.32. The molecule has 0 aliphatic heterocycles. The first-order chi connectivity index (χ1) is 9.02. The van der Waals surface area contributed by atoms with Crippen LogP contribution in [0.1, 0.15) is 12.5 Å². The molecule has 1 atom stereocenters. The van der Waals surface area contributed by atoms with Crippen LogP contribution in [0.5, 0.6) is 0 Å². The van der Waals surface area contributed by atoms with Gasteiger partial charge in [-0.15, -0.1) is 0 Å². The highest BCUT2D eigenvalue weighted by atomic mass is 35.5. The molecule has 0 heterocycles. The van der Waals surface area contributed by atoms with E-state index in [1.165, 1.54) is 0 Å². The number of ether oxygens (including phenoxy) is 1. The van der Waals surface area contributed by atoms with Gasteiger partial charge in [0.1, 0.15) is 12.6 Å². The molecule has 0 aliphatic carbocycles. The average Bonchev–Trinajstić information content (AvgIpc) is 2.35. The zero-order chi connectivity index (χ0) is 14.3. The first-order valence-corrected chi connectivity index (χ1v) is 6.31. The molecule has 2 amide bonds. The molecule has 0 bridgehead atoms. The molecule has 0 spiro atoms. The number of rotatable bonds is 7. The van der Waals surface area contributed by atoms with E-state index >= 15 is 0 Å². The Labute approximate surface area is 117 Å². The van der Waals surface area contributed by atoms with Gasteiger partial charge < -0.3 is 15.8 Å². The Morgan fingerprint density at radius 2 is 2.21 bits per heavy atom. The van der Waals surface area contributed by atoms with Crippen molar-refractivity contribution in [2.75, 3.05) is 13.2 Å². The molecule has 0 unspecified atom stereocenters. The Morgan fingerprint density at radius 3 is 2.79 bits per heavy atom. The number of benzene rings is 1. The predicted octanol–water partition coefficient (Wildman–Crippen LogP) is 0.889. The Hall–Kier alpha value is -1.59. The molecule has 1 rings (SSSR count). The molecular weight excluding hydrogens is 268 g/mol. The van der Waals surface area contributed by atoms with Gasteiger partial charge in [-0.1, -0.05) is 23.7 Å². The maximum atomic E-state index is 11.5. The van der Waals surface area contributed by atoms with Crippen LogP contribution in [0.15, 0.2) is 24.3 Å². The van der Waals surface area contributed by atoms with Gasteiger partial charge in [-0.2, -0.15) is 0 Å². The Balaban J connectivity index is 2.63. The maximum absolute atomic E-state index is 11.5. The number of hydrogen-bond acceptors (Lipinski definition) is 3. The van der Waals surface area contributed by atoms with Gasteiger partial charge in [0, 0.05) is 18.1 Å². The standard InChI is InChI=1S/C13H17ClN2O3/c1-2-19-8-12(17)16-11(13(15)18)7-9-4-3-5-10(14)6-9/h3-6,11H,2,7-8H2,1H3,(H2,15,18)(H,16,17)/t11-/m1/s1. The van der Waals surface area contributed by atoms with E-state index in [4.69, 9.17) is 22.1 Å². The summed E-state index contributed by atoms with van der Waals surface area (Å²) in [6, 6.07) is 6.28. The van der Waals surface area contributed by atoms with Crippen LogP contribution >= 0.6 is 11.6 Å². The minimum absolute atomic E-state index is 0.0875. The fourth-order valence-corrected chi connectivity index (χ4v) is 1.77. The lowest BCUT2D eigenvalue weighted by molar-refractivity contribution is -0.130. The highest BCUT2D eigenvalue weighted by Crippen LogP contribution is 2.12. The smallest absolute Gasteiger partial charge is 0.246 e. The number of primary amides is 1. The van der Waals surface area contributed by atoms with Crippen LogP contribution in [0.4, 0.5) is 0 Å². The summed E-state index contributed by atoms with van der Waals surface area (Å²) in [4.78, 5) is 22.8. The molecule has 1 aromatic carbocycles. The highest BCUT2D eigenvalue weighted by molar-refractivity contribution is 6.30. The van der Waals surface area contributed by atoms with Crippen molar-refractivity contribution in [3.05, 3.63) is 34.9 Å². The number of halogens is 1. The topological polar surface area (TPSA) is 81.4 Å². The van der Waals surface area contributed by atoms with Crippen LogP contribution < -0.4 is 11.1 Å². The quantitative estimate of drug-likeness (QED) is 0.780. The van der Waals surface area contributed by atoms with Gasteiger partial charge in [0.05, 0.1) is 0 Å². The third-order valence-electron chi connectivity index (χ3n) is 2.44. The van der Waals surface area contributed by atoms with Gasteiger partial charge >= 0.3 is 0 Å². The molecule has 0 saturated carbocycles. The SMILES string of the molecule is CCOCC(=O)N[C@H](Cc1cccc(Cl)c1)C(N)=O. The first-order valence-electron chi connectivity index (χ1n) is 5.93. The van der Waals surface area contributed by atoms with Crippen LogP contribution in [-0.4, -0.2) is 31.1 Å². The van der Waals surface area contributed by atoms with Crippen molar-refractivity contribution < 1.29 is 14.3 Å². The van der Waals surface area contributed by atoms with Gasteiger partial charge in [0.25, 0.3) is 0 Å². The van der Waals surface area contributed by atoms with Crippen LogP contribution in [0.2, 0.25) is 5.02 Å². The molecule has 3 N–H and O–H groups in total. The van der Waals surface area contributed by atoms with Gasteiger partial charge in [-0.05, 0) is 24.6 Å². The van der Waals surface area contributed by atoms with Gasteiger partial charge in [0.2, 0.25) is 11.8 Å². The fourth-order valence-electron chi connectivity index (χ4n) is 1.55. The first kappa shape index (κ1) is 15.5. The highest BCUT2D eigenvalue weighted by Gasteiger charge is 2.18.